The average molecular weight is 326 g/mol. The number of rotatable bonds is 2. The third-order valence-electron chi connectivity index (χ3n) is 2.32. The summed E-state index contributed by atoms with van der Waals surface area (Å²) in [6, 6.07) is 11.7. The average Bonchev–Trinajstić information content (AvgIpc) is 2.34. The van der Waals surface area contributed by atoms with E-state index in [1.165, 1.54) is 6.07 Å². The SMILES string of the molecule is N#Cc1c(Cl)cccc1Nc1ccc(Br)c(F)c1. The molecular weight excluding hydrogens is 319 g/mol. The fourth-order valence-electron chi connectivity index (χ4n) is 1.47. The number of halogens is 3. The number of hydrogen-bond acceptors (Lipinski definition) is 2. The fourth-order valence-corrected chi connectivity index (χ4v) is 1.93. The Kier molecular flexibility index (Phi) is 3.85. The first-order chi connectivity index (χ1) is 8.61. The summed E-state index contributed by atoms with van der Waals surface area (Å²) in [6.07, 6.45) is 0. The summed E-state index contributed by atoms with van der Waals surface area (Å²) in [5.74, 6) is -0.375. The highest BCUT2D eigenvalue weighted by Crippen LogP contribution is 2.27. The fraction of sp³-hybridized carbons (Fsp3) is 0. The van der Waals surface area contributed by atoms with Gasteiger partial charge in [0.05, 0.1) is 20.7 Å². The summed E-state index contributed by atoms with van der Waals surface area (Å²) >= 11 is 8.99. The summed E-state index contributed by atoms with van der Waals surface area (Å²) in [7, 11) is 0. The molecule has 5 heteroatoms. The molecule has 0 atom stereocenters. The van der Waals surface area contributed by atoms with Crippen molar-refractivity contribution in [1.82, 2.24) is 0 Å². The van der Waals surface area contributed by atoms with Crippen LogP contribution in [0.2, 0.25) is 5.02 Å². The normalized spacial score (nSPS) is 9.89. The van der Waals surface area contributed by atoms with Crippen LogP contribution in [-0.4, -0.2) is 0 Å². The summed E-state index contributed by atoms with van der Waals surface area (Å²) in [5, 5.41) is 12.3. The molecule has 0 radical (unpaired) electrons. The third kappa shape index (κ3) is 2.63. The minimum atomic E-state index is -0.375. The molecule has 2 aromatic rings. The largest absolute Gasteiger partial charge is 0.354 e. The van der Waals surface area contributed by atoms with E-state index in [0.29, 0.717) is 26.4 Å². The van der Waals surface area contributed by atoms with Crippen LogP contribution in [0, 0.1) is 17.1 Å². The van der Waals surface area contributed by atoms with Crippen molar-refractivity contribution in [3.63, 3.8) is 0 Å². The molecular formula is C13H7BrClFN2. The molecule has 2 nitrogen and oxygen atoms in total. The van der Waals surface area contributed by atoms with Crippen molar-refractivity contribution in [3.8, 4) is 6.07 Å². The van der Waals surface area contributed by atoms with Crippen molar-refractivity contribution in [3.05, 3.63) is 57.3 Å². The standard InChI is InChI=1S/C13H7BrClFN2/c14-10-5-4-8(6-12(10)16)18-13-3-1-2-11(15)9(13)7-17/h1-6,18H. The van der Waals surface area contributed by atoms with Crippen LogP contribution in [0.5, 0.6) is 0 Å². The van der Waals surface area contributed by atoms with Crippen LogP contribution in [0.3, 0.4) is 0 Å². The van der Waals surface area contributed by atoms with Gasteiger partial charge in [-0.25, -0.2) is 4.39 Å². The highest BCUT2D eigenvalue weighted by atomic mass is 79.9. The molecule has 2 rings (SSSR count). The van der Waals surface area contributed by atoms with Gasteiger partial charge in [0.2, 0.25) is 0 Å². The zero-order valence-corrected chi connectivity index (χ0v) is 11.4. The van der Waals surface area contributed by atoms with Crippen LogP contribution in [0.1, 0.15) is 5.56 Å². The predicted octanol–water partition coefficient (Wildman–Crippen LogP) is 4.86. The molecule has 90 valence electrons. The highest BCUT2D eigenvalue weighted by molar-refractivity contribution is 9.10. The van der Waals surface area contributed by atoms with E-state index in [-0.39, 0.29) is 5.82 Å². The Balaban J connectivity index is 2.37. The van der Waals surface area contributed by atoms with Crippen molar-refractivity contribution < 1.29 is 4.39 Å². The van der Waals surface area contributed by atoms with Crippen LogP contribution in [0.15, 0.2) is 40.9 Å². The molecule has 0 saturated carbocycles. The Morgan fingerprint density at radius 3 is 2.72 bits per heavy atom. The highest BCUT2D eigenvalue weighted by Gasteiger charge is 2.07. The number of anilines is 2. The third-order valence-corrected chi connectivity index (χ3v) is 3.28. The predicted molar refractivity (Wildman–Crippen MR) is 73.5 cm³/mol. The second-order valence-electron chi connectivity index (χ2n) is 3.53. The van der Waals surface area contributed by atoms with Gasteiger partial charge in [0.25, 0.3) is 0 Å². The van der Waals surface area contributed by atoms with E-state index in [0.717, 1.165) is 0 Å². The van der Waals surface area contributed by atoms with E-state index < -0.39 is 0 Å². The van der Waals surface area contributed by atoms with Gasteiger partial charge in [0.1, 0.15) is 11.9 Å². The molecule has 0 aliphatic rings. The molecule has 0 amide bonds. The zero-order chi connectivity index (χ0) is 13.1. The number of nitriles is 1. The Hall–Kier alpha value is -1.57. The van der Waals surface area contributed by atoms with Crippen molar-refractivity contribution >= 4 is 38.9 Å². The van der Waals surface area contributed by atoms with E-state index in [2.05, 4.69) is 21.2 Å². The lowest BCUT2D eigenvalue weighted by Gasteiger charge is -2.09. The van der Waals surface area contributed by atoms with E-state index in [1.807, 2.05) is 6.07 Å². The van der Waals surface area contributed by atoms with Gasteiger partial charge in [-0.1, -0.05) is 17.7 Å². The zero-order valence-electron chi connectivity index (χ0n) is 9.05. The van der Waals surface area contributed by atoms with Crippen molar-refractivity contribution in [1.29, 1.82) is 5.26 Å². The summed E-state index contributed by atoms with van der Waals surface area (Å²) in [5.41, 5.74) is 1.43. The van der Waals surface area contributed by atoms with Crippen LogP contribution in [-0.2, 0) is 0 Å². The van der Waals surface area contributed by atoms with Gasteiger partial charge in [0, 0.05) is 5.69 Å². The van der Waals surface area contributed by atoms with Crippen molar-refractivity contribution in [2.45, 2.75) is 0 Å². The number of nitrogens with zero attached hydrogens (tertiary/aromatic N) is 1. The van der Waals surface area contributed by atoms with Crippen LogP contribution in [0.25, 0.3) is 0 Å². The second-order valence-corrected chi connectivity index (χ2v) is 4.79. The van der Waals surface area contributed by atoms with Crippen LogP contribution in [0.4, 0.5) is 15.8 Å². The first-order valence-electron chi connectivity index (χ1n) is 5.02. The number of benzene rings is 2. The molecule has 0 aliphatic heterocycles. The van der Waals surface area contributed by atoms with Crippen molar-refractivity contribution in [2.75, 3.05) is 5.32 Å². The van der Waals surface area contributed by atoms with Crippen molar-refractivity contribution in [2.24, 2.45) is 0 Å². The number of hydrogen-bond donors (Lipinski definition) is 1. The molecule has 0 unspecified atom stereocenters. The maximum Gasteiger partial charge on any atom is 0.139 e. The summed E-state index contributed by atoms with van der Waals surface area (Å²) < 4.78 is 13.8. The molecule has 0 spiro atoms. The van der Waals surface area contributed by atoms with Gasteiger partial charge in [-0.05, 0) is 46.3 Å². The molecule has 2 aromatic carbocycles. The van der Waals surface area contributed by atoms with Crippen LogP contribution < -0.4 is 5.32 Å². The van der Waals surface area contributed by atoms with E-state index in [1.54, 1.807) is 30.3 Å². The van der Waals surface area contributed by atoms with Crippen LogP contribution >= 0.6 is 27.5 Å². The quantitative estimate of drug-likeness (QED) is 0.856. The van der Waals surface area contributed by atoms with Gasteiger partial charge < -0.3 is 5.32 Å². The van der Waals surface area contributed by atoms with Gasteiger partial charge in [-0.3, -0.25) is 0 Å². The van der Waals surface area contributed by atoms with Gasteiger partial charge in [-0.15, -0.1) is 0 Å². The number of nitrogens with one attached hydrogen (secondary N) is 1. The molecule has 18 heavy (non-hydrogen) atoms. The minimum absolute atomic E-state index is 0.336. The Morgan fingerprint density at radius 1 is 1.28 bits per heavy atom. The Morgan fingerprint density at radius 2 is 2.06 bits per heavy atom. The molecule has 0 bridgehead atoms. The lowest BCUT2D eigenvalue weighted by atomic mass is 10.2. The molecule has 0 saturated heterocycles. The molecule has 0 heterocycles. The maximum atomic E-state index is 13.4. The molecule has 1 N–H and O–H groups in total. The molecule has 0 fully saturated rings. The van der Waals surface area contributed by atoms with Gasteiger partial charge >= 0.3 is 0 Å². The maximum absolute atomic E-state index is 13.4. The molecule has 0 aromatic heterocycles. The first kappa shape index (κ1) is 12.9. The lowest BCUT2D eigenvalue weighted by molar-refractivity contribution is 0.622. The lowest BCUT2D eigenvalue weighted by Crippen LogP contribution is -1.95. The summed E-state index contributed by atoms with van der Waals surface area (Å²) in [4.78, 5) is 0. The summed E-state index contributed by atoms with van der Waals surface area (Å²) in [6.45, 7) is 0. The minimum Gasteiger partial charge on any atom is -0.354 e. The van der Waals surface area contributed by atoms with E-state index in [9.17, 15) is 4.39 Å². The Bertz CT molecular complexity index is 637. The van der Waals surface area contributed by atoms with E-state index >= 15 is 0 Å². The van der Waals surface area contributed by atoms with Gasteiger partial charge in [-0.2, -0.15) is 5.26 Å². The van der Waals surface area contributed by atoms with Gasteiger partial charge in [0.15, 0.2) is 0 Å². The monoisotopic (exact) mass is 324 g/mol. The molecule has 0 aliphatic carbocycles. The first-order valence-corrected chi connectivity index (χ1v) is 6.19. The second kappa shape index (κ2) is 5.38. The van der Waals surface area contributed by atoms with E-state index in [4.69, 9.17) is 16.9 Å². The smallest absolute Gasteiger partial charge is 0.139 e. The topological polar surface area (TPSA) is 35.8 Å². The Labute approximate surface area is 117 Å².